The highest BCUT2D eigenvalue weighted by Gasteiger charge is 2.21. The van der Waals surface area contributed by atoms with Gasteiger partial charge >= 0.3 is 0 Å². The van der Waals surface area contributed by atoms with E-state index in [1.165, 1.54) is 11.3 Å². The molecule has 174 valence electrons. The highest BCUT2D eigenvalue weighted by molar-refractivity contribution is 7.12. The van der Waals surface area contributed by atoms with Gasteiger partial charge in [0.25, 0.3) is 5.91 Å². The van der Waals surface area contributed by atoms with Gasteiger partial charge in [0.1, 0.15) is 12.4 Å². The van der Waals surface area contributed by atoms with Crippen molar-refractivity contribution in [2.45, 2.75) is 26.7 Å². The SMILES string of the molecule is CCCCN(CC(=O)Nc1cc(-c2ccccc2)nn1-c1ccc(C)cc1)C(=O)c1cccs1. The van der Waals surface area contributed by atoms with Gasteiger partial charge in [0.15, 0.2) is 0 Å². The number of carbonyl (C=O) groups excluding carboxylic acids is 2. The highest BCUT2D eigenvalue weighted by atomic mass is 32.1. The summed E-state index contributed by atoms with van der Waals surface area (Å²) in [6.45, 7) is 4.61. The average molecular weight is 473 g/mol. The number of aryl methyl sites for hydroxylation is 1. The van der Waals surface area contributed by atoms with E-state index in [1.807, 2.05) is 79.0 Å². The number of hydrogen-bond acceptors (Lipinski definition) is 4. The molecule has 1 N–H and O–H groups in total. The molecule has 0 aliphatic heterocycles. The van der Waals surface area contributed by atoms with Crippen molar-refractivity contribution in [1.29, 1.82) is 0 Å². The molecule has 0 fully saturated rings. The van der Waals surface area contributed by atoms with E-state index in [4.69, 9.17) is 5.10 Å². The van der Waals surface area contributed by atoms with Gasteiger partial charge in [-0.05, 0) is 36.9 Å². The number of rotatable bonds is 9. The van der Waals surface area contributed by atoms with E-state index in [0.29, 0.717) is 17.2 Å². The van der Waals surface area contributed by atoms with Crippen molar-refractivity contribution in [2.75, 3.05) is 18.4 Å². The summed E-state index contributed by atoms with van der Waals surface area (Å²) < 4.78 is 1.73. The smallest absolute Gasteiger partial charge is 0.264 e. The zero-order valence-electron chi connectivity index (χ0n) is 19.4. The number of aromatic nitrogens is 2. The van der Waals surface area contributed by atoms with Crippen molar-refractivity contribution in [2.24, 2.45) is 0 Å². The summed E-state index contributed by atoms with van der Waals surface area (Å²) in [4.78, 5) is 28.3. The van der Waals surface area contributed by atoms with Gasteiger partial charge in [-0.15, -0.1) is 11.3 Å². The molecule has 0 saturated carbocycles. The number of nitrogens with zero attached hydrogens (tertiary/aromatic N) is 3. The standard InChI is InChI=1S/C27H28N4O2S/c1-3-4-16-30(27(33)24-11-8-17-34-24)19-26(32)28-25-18-23(21-9-6-5-7-10-21)29-31(25)22-14-12-20(2)13-15-22/h5-15,17-18H,3-4,16,19H2,1-2H3,(H,28,32). The third kappa shape index (κ3) is 5.61. The number of carbonyl (C=O) groups is 2. The fourth-order valence-electron chi connectivity index (χ4n) is 3.62. The molecule has 0 unspecified atom stereocenters. The zero-order valence-corrected chi connectivity index (χ0v) is 20.2. The maximum absolute atomic E-state index is 13.1. The first-order chi connectivity index (χ1) is 16.5. The van der Waals surface area contributed by atoms with Crippen LogP contribution in [0, 0.1) is 6.92 Å². The van der Waals surface area contributed by atoms with Crippen molar-refractivity contribution in [3.8, 4) is 16.9 Å². The first-order valence-corrected chi connectivity index (χ1v) is 12.3. The topological polar surface area (TPSA) is 67.2 Å². The van der Waals surface area contributed by atoms with E-state index < -0.39 is 0 Å². The van der Waals surface area contributed by atoms with E-state index in [1.54, 1.807) is 15.6 Å². The van der Waals surface area contributed by atoms with Crippen LogP contribution in [0.4, 0.5) is 5.82 Å². The number of anilines is 1. The third-order valence-corrected chi connectivity index (χ3v) is 6.32. The van der Waals surface area contributed by atoms with Gasteiger partial charge in [-0.3, -0.25) is 9.59 Å². The lowest BCUT2D eigenvalue weighted by Gasteiger charge is -2.21. The Hall–Kier alpha value is -3.71. The summed E-state index contributed by atoms with van der Waals surface area (Å²) in [5.41, 5.74) is 3.71. The predicted molar refractivity (Wildman–Crippen MR) is 137 cm³/mol. The second-order valence-corrected chi connectivity index (χ2v) is 9.08. The predicted octanol–water partition coefficient (Wildman–Crippen LogP) is 5.79. The number of thiophene rings is 1. The molecular weight excluding hydrogens is 444 g/mol. The van der Waals surface area contributed by atoms with Gasteiger partial charge in [0.05, 0.1) is 16.3 Å². The number of benzene rings is 2. The Bertz CT molecular complexity index is 1230. The van der Waals surface area contributed by atoms with E-state index in [2.05, 4.69) is 12.2 Å². The molecule has 0 radical (unpaired) electrons. The Morgan fingerprint density at radius 3 is 2.47 bits per heavy atom. The Labute approximate surface area is 203 Å². The fraction of sp³-hybridized carbons (Fsp3) is 0.222. The van der Waals surface area contributed by atoms with Crippen LogP contribution in [0.2, 0.25) is 0 Å². The van der Waals surface area contributed by atoms with E-state index >= 15 is 0 Å². The van der Waals surface area contributed by atoms with Crippen molar-refractivity contribution in [3.63, 3.8) is 0 Å². The summed E-state index contributed by atoms with van der Waals surface area (Å²) in [5.74, 6) is 0.191. The van der Waals surface area contributed by atoms with Crippen LogP contribution in [0.1, 0.15) is 35.0 Å². The van der Waals surface area contributed by atoms with E-state index in [0.717, 1.165) is 35.3 Å². The minimum absolute atomic E-state index is 0.0174. The molecule has 4 aromatic rings. The van der Waals surface area contributed by atoms with Crippen LogP contribution in [0.3, 0.4) is 0 Å². The molecule has 0 atom stereocenters. The summed E-state index contributed by atoms with van der Waals surface area (Å²) in [6.07, 6.45) is 1.78. The monoisotopic (exact) mass is 472 g/mol. The van der Waals surface area contributed by atoms with E-state index in [-0.39, 0.29) is 18.4 Å². The molecule has 0 saturated heterocycles. The lowest BCUT2D eigenvalue weighted by Crippen LogP contribution is -2.38. The van der Waals surface area contributed by atoms with Crippen molar-refractivity contribution >= 4 is 29.0 Å². The molecule has 0 aliphatic rings. The molecule has 2 amide bonds. The molecular formula is C27H28N4O2S. The molecule has 2 aromatic heterocycles. The summed E-state index contributed by atoms with van der Waals surface area (Å²) in [5, 5.41) is 9.62. The quantitative estimate of drug-likeness (QED) is 0.335. The molecule has 2 aromatic carbocycles. The van der Waals surface area contributed by atoms with Crippen LogP contribution >= 0.6 is 11.3 Å². The second-order valence-electron chi connectivity index (χ2n) is 8.13. The largest absolute Gasteiger partial charge is 0.329 e. The number of unbranched alkanes of at least 4 members (excludes halogenated alkanes) is 1. The molecule has 0 aliphatic carbocycles. The van der Waals surface area contributed by atoms with Gasteiger partial charge in [0, 0.05) is 18.2 Å². The van der Waals surface area contributed by atoms with Crippen LogP contribution in [0.25, 0.3) is 16.9 Å². The normalized spacial score (nSPS) is 10.8. The Morgan fingerprint density at radius 1 is 1.03 bits per heavy atom. The number of hydrogen-bond donors (Lipinski definition) is 1. The lowest BCUT2D eigenvalue weighted by atomic mass is 10.1. The Kier molecular flexibility index (Phi) is 7.54. The summed E-state index contributed by atoms with van der Waals surface area (Å²) in [6, 6.07) is 23.3. The van der Waals surface area contributed by atoms with Gasteiger partial charge < -0.3 is 10.2 Å². The number of amides is 2. The van der Waals surface area contributed by atoms with E-state index in [9.17, 15) is 9.59 Å². The second kappa shape index (κ2) is 10.9. The van der Waals surface area contributed by atoms with Crippen LogP contribution in [-0.4, -0.2) is 39.6 Å². The summed E-state index contributed by atoms with van der Waals surface area (Å²) in [7, 11) is 0. The maximum Gasteiger partial charge on any atom is 0.264 e. The first-order valence-electron chi connectivity index (χ1n) is 11.4. The molecule has 0 bridgehead atoms. The molecule has 2 heterocycles. The number of nitrogens with one attached hydrogen (secondary N) is 1. The zero-order chi connectivity index (χ0) is 23.9. The van der Waals surface area contributed by atoms with Gasteiger partial charge in [-0.1, -0.05) is 67.4 Å². The van der Waals surface area contributed by atoms with Crippen molar-refractivity contribution in [1.82, 2.24) is 14.7 Å². The van der Waals surface area contributed by atoms with Crippen LogP contribution in [0.15, 0.2) is 78.2 Å². The van der Waals surface area contributed by atoms with Gasteiger partial charge in [0.2, 0.25) is 5.91 Å². The highest BCUT2D eigenvalue weighted by Crippen LogP contribution is 2.25. The van der Waals surface area contributed by atoms with Crippen molar-refractivity contribution < 1.29 is 9.59 Å². The first kappa shape index (κ1) is 23.4. The Morgan fingerprint density at radius 2 is 1.79 bits per heavy atom. The third-order valence-electron chi connectivity index (χ3n) is 5.46. The van der Waals surface area contributed by atoms with Crippen LogP contribution < -0.4 is 5.32 Å². The van der Waals surface area contributed by atoms with Gasteiger partial charge in [-0.2, -0.15) is 5.10 Å². The minimum Gasteiger partial charge on any atom is -0.329 e. The lowest BCUT2D eigenvalue weighted by molar-refractivity contribution is -0.116. The maximum atomic E-state index is 13.1. The fourth-order valence-corrected chi connectivity index (χ4v) is 4.31. The molecule has 0 spiro atoms. The molecule has 34 heavy (non-hydrogen) atoms. The van der Waals surface area contributed by atoms with Crippen LogP contribution in [0.5, 0.6) is 0 Å². The van der Waals surface area contributed by atoms with Gasteiger partial charge in [-0.25, -0.2) is 4.68 Å². The average Bonchev–Trinajstić information content (AvgIpc) is 3.53. The van der Waals surface area contributed by atoms with Crippen molar-refractivity contribution in [3.05, 3.63) is 88.6 Å². The minimum atomic E-state index is -0.256. The molecule has 7 heteroatoms. The molecule has 6 nitrogen and oxygen atoms in total. The Balaban J connectivity index is 1.59. The summed E-state index contributed by atoms with van der Waals surface area (Å²) >= 11 is 1.39. The molecule has 4 rings (SSSR count). The van der Waals surface area contributed by atoms with Crippen LogP contribution in [-0.2, 0) is 4.79 Å².